The van der Waals surface area contributed by atoms with E-state index in [1.807, 2.05) is 23.1 Å². The van der Waals surface area contributed by atoms with Crippen LogP contribution in [0.2, 0.25) is 0 Å². The zero-order chi connectivity index (χ0) is 24.6. The van der Waals surface area contributed by atoms with E-state index in [0.29, 0.717) is 38.4 Å². The number of hydrogen-bond acceptors (Lipinski definition) is 4. The van der Waals surface area contributed by atoms with Crippen molar-refractivity contribution in [1.82, 2.24) is 20.1 Å². The lowest BCUT2D eigenvalue weighted by molar-refractivity contribution is -0.138. The van der Waals surface area contributed by atoms with Gasteiger partial charge < -0.3 is 20.4 Å². The Hall–Kier alpha value is -3.30. The molecule has 1 aromatic heterocycles. The Balaban J connectivity index is 1.23. The fourth-order valence-corrected chi connectivity index (χ4v) is 4.80. The van der Waals surface area contributed by atoms with Crippen molar-refractivity contribution in [3.05, 3.63) is 53.2 Å². The van der Waals surface area contributed by atoms with E-state index in [1.165, 1.54) is 6.07 Å². The highest BCUT2D eigenvalue weighted by Crippen LogP contribution is 2.32. The third-order valence-corrected chi connectivity index (χ3v) is 6.89. The third-order valence-electron chi connectivity index (χ3n) is 6.89. The van der Waals surface area contributed by atoms with Gasteiger partial charge in [-0.1, -0.05) is 12.1 Å². The SMILES string of the molecule is O=C(NC1CC1)N1CCCC(C(=O)N2CCc3c(cccc3Nc3ccc(C(F)(F)F)cn3)C2)C1. The lowest BCUT2D eigenvalue weighted by Crippen LogP contribution is -2.50. The van der Waals surface area contributed by atoms with Crippen LogP contribution in [0.4, 0.5) is 29.5 Å². The second-order valence-corrected chi connectivity index (χ2v) is 9.52. The van der Waals surface area contributed by atoms with Crippen LogP contribution in [0.15, 0.2) is 36.5 Å². The van der Waals surface area contributed by atoms with E-state index in [0.717, 1.165) is 54.8 Å². The van der Waals surface area contributed by atoms with E-state index in [1.54, 1.807) is 4.90 Å². The molecule has 3 aliphatic rings. The molecular weight excluding hydrogens is 459 g/mol. The first-order chi connectivity index (χ1) is 16.8. The van der Waals surface area contributed by atoms with Crippen molar-refractivity contribution in [3.63, 3.8) is 0 Å². The maximum absolute atomic E-state index is 13.3. The molecule has 35 heavy (non-hydrogen) atoms. The van der Waals surface area contributed by atoms with E-state index in [4.69, 9.17) is 0 Å². The molecule has 1 unspecified atom stereocenters. The zero-order valence-electron chi connectivity index (χ0n) is 19.3. The van der Waals surface area contributed by atoms with Gasteiger partial charge in [-0.05, 0) is 61.4 Å². The molecule has 5 rings (SSSR count). The van der Waals surface area contributed by atoms with E-state index >= 15 is 0 Å². The normalized spacial score (nSPS) is 20.3. The quantitative estimate of drug-likeness (QED) is 0.674. The second kappa shape index (κ2) is 9.39. The standard InChI is InChI=1S/C25H28F3N5O2/c26-25(27,28)18-6-9-22(29-13-18)31-21-5-1-3-16-14-32(12-10-20(16)21)23(34)17-4-2-11-33(15-17)24(35)30-19-7-8-19/h1,3,5-6,9,13,17,19H,2,4,7-8,10-12,14-15H2,(H,29,31)(H,30,35). The summed E-state index contributed by atoms with van der Waals surface area (Å²) in [5, 5.41) is 6.13. The van der Waals surface area contributed by atoms with Crippen LogP contribution in [0.25, 0.3) is 0 Å². The number of amides is 3. The summed E-state index contributed by atoms with van der Waals surface area (Å²) in [5.74, 6) is 0.201. The molecule has 2 N–H and O–H groups in total. The molecule has 7 nitrogen and oxygen atoms in total. The molecule has 1 aromatic carbocycles. The number of carbonyl (C=O) groups is 2. The van der Waals surface area contributed by atoms with E-state index < -0.39 is 11.7 Å². The van der Waals surface area contributed by atoms with Gasteiger partial charge in [0.1, 0.15) is 5.82 Å². The van der Waals surface area contributed by atoms with Crippen molar-refractivity contribution in [2.45, 2.75) is 50.9 Å². The van der Waals surface area contributed by atoms with Crippen LogP contribution < -0.4 is 10.6 Å². The first-order valence-corrected chi connectivity index (χ1v) is 12.0. The molecule has 2 fully saturated rings. The van der Waals surface area contributed by atoms with Crippen molar-refractivity contribution < 1.29 is 22.8 Å². The van der Waals surface area contributed by atoms with Gasteiger partial charge in [-0.2, -0.15) is 13.2 Å². The van der Waals surface area contributed by atoms with Crippen LogP contribution in [0.3, 0.4) is 0 Å². The van der Waals surface area contributed by atoms with Gasteiger partial charge in [0.15, 0.2) is 0 Å². The van der Waals surface area contributed by atoms with Gasteiger partial charge in [0, 0.05) is 44.1 Å². The zero-order valence-corrected chi connectivity index (χ0v) is 19.3. The summed E-state index contributed by atoms with van der Waals surface area (Å²) in [6.45, 7) is 2.14. The number of nitrogens with zero attached hydrogens (tertiary/aromatic N) is 3. The molecule has 0 spiro atoms. The minimum atomic E-state index is -4.43. The molecule has 10 heteroatoms. The average Bonchev–Trinajstić information content (AvgIpc) is 3.67. The molecule has 3 heterocycles. The second-order valence-electron chi connectivity index (χ2n) is 9.52. The monoisotopic (exact) mass is 487 g/mol. The fraction of sp³-hybridized carbons (Fsp3) is 0.480. The van der Waals surface area contributed by atoms with Crippen LogP contribution in [0.5, 0.6) is 0 Å². The highest BCUT2D eigenvalue weighted by atomic mass is 19.4. The number of benzene rings is 1. The van der Waals surface area contributed by atoms with Crippen LogP contribution in [0.1, 0.15) is 42.4 Å². The topological polar surface area (TPSA) is 77.6 Å². The average molecular weight is 488 g/mol. The van der Waals surface area contributed by atoms with Gasteiger partial charge in [0.25, 0.3) is 0 Å². The van der Waals surface area contributed by atoms with E-state index in [-0.39, 0.29) is 23.9 Å². The van der Waals surface area contributed by atoms with Gasteiger partial charge >= 0.3 is 12.2 Å². The number of carbonyl (C=O) groups excluding carboxylic acids is 2. The highest BCUT2D eigenvalue weighted by Gasteiger charge is 2.34. The first-order valence-electron chi connectivity index (χ1n) is 12.0. The largest absolute Gasteiger partial charge is 0.417 e. The van der Waals surface area contributed by atoms with Gasteiger partial charge in [-0.25, -0.2) is 9.78 Å². The summed E-state index contributed by atoms with van der Waals surface area (Å²) in [5.41, 5.74) is 2.02. The summed E-state index contributed by atoms with van der Waals surface area (Å²) in [4.78, 5) is 33.3. The van der Waals surface area contributed by atoms with Crippen molar-refractivity contribution in [2.24, 2.45) is 5.92 Å². The minimum absolute atomic E-state index is 0.0680. The van der Waals surface area contributed by atoms with Crippen LogP contribution >= 0.6 is 0 Å². The molecule has 1 saturated heterocycles. The fourth-order valence-electron chi connectivity index (χ4n) is 4.80. The van der Waals surface area contributed by atoms with Crippen LogP contribution in [-0.2, 0) is 23.9 Å². The summed E-state index contributed by atoms with van der Waals surface area (Å²) in [6, 6.07) is 8.24. The number of piperidine rings is 1. The lowest BCUT2D eigenvalue weighted by Gasteiger charge is -2.37. The Bertz CT molecular complexity index is 1100. The van der Waals surface area contributed by atoms with Crippen molar-refractivity contribution in [3.8, 4) is 0 Å². The third kappa shape index (κ3) is 5.36. The molecule has 1 saturated carbocycles. The first kappa shape index (κ1) is 23.4. The van der Waals surface area contributed by atoms with Gasteiger partial charge in [0.05, 0.1) is 11.5 Å². The Morgan fingerprint density at radius 1 is 1.03 bits per heavy atom. The molecule has 1 aliphatic carbocycles. The summed E-state index contributed by atoms with van der Waals surface area (Å²) in [6.07, 6.45) is 0.662. The summed E-state index contributed by atoms with van der Waals surface area (Å²) < 4.78 is 38.4. The molecule has 3 amide bonds. The summed E-state index contributed by atoms with van der Waals surface area (Å²) in [7, 11) is 0. The Kier molecular flexibility index (Phi) is 6.29. The Labute approximate surface area is 201 Å². The van der Waals surface area contributed by atoms with E-state index in [9.17, 15) is 22.8 Å². The number of hydrogen-bond donors (Lipinski definition) is 2. The molecule has 2 aromatic rings. The van der Waals surface area contributed by atoms with E-state index in [2.05, 4.69) is 15.6 Å². The molecule has 186 valence electrons. The number of likely N-dealkylation sites (tertiary alicyclic amines) is 1. The van der Waals surface area contributed by atoms with Gasteiger partial charge in [0.2, 0.25) is 5.91 Å². The number of pyridine rings is 1. The maximum Gasteiger partial charge on any atom is 0.417 e. The number of fused-ring (bicyclic) bond motifs is 1. The highest BCUT2D eigenvalue weighted by molar-refractivity contribution is 5.81. The van der Waals surface area contributed by atoms with Crippen molar-refractivity contribution in [1.29, 1.82) is 0 Å². The smallest absolute Gasteiger partial charge is 0.340 e. The van der Waals surface area contributed by atoms with Gasteiger partial charge in [-0.15, -0.1) is 0 Å². The molecule has 0 radical (unpaired) electrons. The molecule has 0 bridgehead atoms. The van der Waals surface area contributed by atoms with Gasteiger partial charge in [-0.3, -0.25) is 4.79 Å². The Morgan fingerprint density at radius 3 is 2.57 bits per heavy atom. The van der Waals surface area contributed by atoms with Crippen molar-refractivity contribution in [2.75, 3.05) is 25.0 Å². The number of halogens is 3. The Morgan fingerprint density at radius 2 is 1.86 bits per heavy atom. The minimum Gasteiger partial charge on any atom is -0.340 e. The molecular formula is C25H28F3N5O2. The number of anilines is 2. The molecule has 1 atom stereocenters. The number of alkyl halides is 3. The predicted molar refractivity (Wildman–Crippen MR) is 124 cm³/mol. The number of nitrogens with one attached hydrogen (secondary N) is 2. The number of rotatable bonds is 4. The number of urea groups is 1. The maximum atomic E-state index is 13.3. The lowest BCUT2D eigenvalue weighted by atomic mass is 9.93. The van der Waals surface area contributed by atoms with Crippen LogP contribution in [0, 0.1) is 5.92 Å². The number of aromatic nitrogens is 1. The summed E-state index contributed by atoms with van der Waals surface area (Å²) >= 11 is 0. The molecule has 2 aliphatic heterocycles. The van der Waals surface area contributed by atoms with Crippen LogP contribution in [-0.4, -0.2) is 52.4 Å². The van der Waals surface area contributed by atoms with Crippen molar-refractivity contribution >= 4 is 23.4 Å². The predicted octanol–water partition coefficient (Wildman–Crippen LogP) is 4.31.